The van der Waals surface area contributed by atoms with Crippen molar-refractivity contribution in [2.45, 2.75) is 63.0 Å². The number of hydrogen-bond acceptors (Lipinski definition) is 3. The van der Waals surface area contributed by atoms with E-state index in [1.807, 2.05) is 0 Å². The number of thioether (sulfide) groups is 1. The molecule has 2 rings (SSSR count). The summed E-state index contributed by atoms with van der Waals surface area (Å²) >= 11 is 1.79. The second kappa shape index (κ2) is 8.21. The van der Waals surface area contributed by atoms with E-state index in [1.165, 1.54) is 29.7 Å². The highest BCUT2D eigenvalue weighted by Crippen LogP contribution is 2.33. The van der Waals surface area contributed by atoms with Crippen LogP contribution < -0.4 is 5.32 Å². The molecule has 0 unspecified atom stereocenters. The van der Waals surface area contributed by atoms with Gasteiger partial charge in [-0.1, -0.05) is 45.2 Å². The van der Waals surface area contributed by atoms with Crippen LogP contribution in [0.25, 0.3) is 0 Å². The molecule has 3 heteroatoms. The van der Waals surface area contributed by atoms with Crippen LogP contribution in [0.1, 0.15) is 51.5 Å². The highest BCUT2D eigenvalue weighted by Gasteiger charge is 2.28. The summed E-state index contributed by atoms with van der Waals surface area (Å²) < 4.78 is 0. The fourth-order valence-corrected chi connectivity index (χ4v) is 3.83. The minimum Gasteiger partial charge on any atom is -0.389 e. The van der Waals surface area contributed by atoms with Crippen LogP contribution in [0, 0.1) is 5.92 Å². The molecule has 1 aromatic rings. The zero-order valence-corrected chi connectivity index (χ0v) is 14.2. The van der Waals surface area contributed by atoms with Gasteiger partial charge in [-0.15, -0.1) is 11.8 Å². The average molecular weight is 308 g/mol. The van der Waals surface area contributed by atoms with Crippen molar-refractivity contribution in [3.63, 3.8) is 0 Å². The van der Waals surface area contributed by atoms with Gasteiger partial charge in [0.15, 0.2) is 0 Å². The first-order valence-corrected chi connectivity index (χ1v) is 9.21. The molecular formula is C18H29NOS. The molecule has 1 aromatic carbocycles. The first-order valence-electron chi connectivity index (χ1n) is 8.22. The molecule has 1 aliphatic carbocycles. The Kier molecular flexibility index (Phi) is 6.59. The van der Waals surface area contributed by atoms with E-state index in [4.69, 9.17) is 0 Å². The summed E-state index contributed by atoms with van der Waals surface area (Å²) in [5.74, 6) is 1.52. The Bertz CT molecular complexity index is 410. The third-order valence-electron chi connectivity index (χ3n) is 4.10. The van der Waals surface area contributed by atoms with Gasteiger partial charge in [0.05, 0.1) is 5.60 Å². The quantitative estimate of drug-likeness (QED) is 0.740. The zero-order valence-electron chi connectivity index (χ0n) is 13.4. The van der Waals surface area contributed by atoms with E-state index in [2.05, 4.69) is 43.4 Å². The SMILES string of the molecule is CC(C)CNCc1ccc(SCC2(O)CCCCC2)cc1. The molecule has 0 bridgehead atoms. The maximum absolute atomic E-state index is 10.5. The average Bonchev–Trinajstić information content (AvgIpc) is 2.47. The third-order valence-corrected chi connectivity index (χ3v) is 5.38. The molecule has 0 saturated heterocycles. The van der Waals surface area contributed by atoms with E-state index in [1.54, 1.807) is 11.8 Å². The lowest BCUT2D eigenvalue weighted by atomic mass is 9.86. The Hall–Kier alpha value is -0.510. The van der Waals surface area contributed by atoms with Gasteiger partial charge in [-0.05, 0) is 43.0 Å². The Morgan fingerprint density at radius 3 is 2.43 bits per heavy atom. The lowest BCUT2D eigenvalue weighted by molar-refractivity contribution is 0.0273. The Balaban J connectivity index is 1.76. The van der Waals surface area contributed by atoms with Gasteiger partial charge in [0.2, 0.25) is 0 Å². The lowest BCUT2D eigenvalue weighted by Crippen LogP contribution is -2.33. The van der Waals surface area contributed by atoms with E-state index < -0.39 is 5.60 Å². The Morgan fingerprint density at radius 1 is 1.14 bits per heavy atom. The highest BCUT2D eigenvalue weighted by molar-refractivity contribution is 7.99. The minimum absolute atomic E-state index is 0.430. The van der Waals surface area contributed by atoms with Crippen molar-refractivity contribution in [2.75, 3.05) is 12.3 Å². The molecule has 1 fully saturated rings. The molecule has 1 saturated carbocycles. The van der Waals surface area contributed by atoms with Crippen LogP contribution in [0.5, 0.6) is 0 Å². The van der Waals surface area contributed by atoms with Gasteiger partial charge in [-0.25, -0.2) is 0 Å². The van der Waals surface area contributed by atoms with Crippen LogP contribution in [-0.2, 0) is 6.54 Å². The first kappa shape index (κ1) is 16.9. The zero-order chi connectivity index (χ0) is 15.1. The van der Waals surface area contributed by atoms with Crippen LogP contribution in [0.2, 0.25) is 0 Å². The summed E-state index contributed by atoms with van der Waals surface area (Å²) in [4.78, 5) is 1.27. The molecule has 0 radical (unpaired) electrons. The molecule has 0 aromatic heterocycles. The molecular weight excluding hydrogens is 278 g/mol. The molecule has 0 heterocycles. The lowest BCUT2D eigenvalue weighted by Gasteiger charge is -2.31. The van der Waals surface area contributed by atoms with Gasteiger partial charge in [-0.2, -0.15) is 0 Å². The van der Waals surface area contributed by atoms with Crippen LogP contribution >= 0.6 is 11.8 Å². The van der Waals surface area contributed by atoms with Gasteiger partial charge in [-0.3, -0.25) is 0 Å². The summed E-state index contributed by atoms with van der Waals surface area (Å²) in [5.41, 5.74) is 0.900. The number of aliphatic hydroxyl groups is 1. The third kappa shape index (κ3) is 6.01. The predicted octanol–water partition coefficient (Wildman–Crippen LogP) is 4.22. The predicted molar refractivity (Wildman–Crippen MR) is 91.7 cm³/mol. The van der Waals surface area contributed by atoms with Gasteiger partial charge in [0, 0.05) is 17.2 Å². The van der Waals surface area contributed by atoms with E-state index in [0.717, 1.165) is 31.7 Å². The molecule has 0 aliphatic heterocycles. The molecule has 21 heavy (non-hydrogen) atoms. The van der Waals surface area contributed by atoms with Crippen molar-refractivity contribution >= 4 is 11.8 Å². The van der Waals surface area contributed by atoms with Crippen molar-refractivity contribution < 1.29 is 5.11 Å². The van der Waals surface area contributed by atoms with Crippen LogP contribution in [0.3, 0.4) is 0 Å². The van der Waals surface area contributed by atoms with E-state index >= 15 is 0 Å². The Morgan fingerprint density at radius 2 is 1.81 bits per heavy atom. The molecule has 0 amide bonds. The summed E-state index contributed by atoms with van der Waals surface area (Å²) in [6, 6.07) is 8.76. The smallest absolute Gasteiger partial charge is 0.0741 e. The van der Waals surface area contributed by atoms with Gasteiger partial charge in [0.1, 0.15) is 0 Å². The maximum atomic E-state index is 10.5. The van der Waals surface area contributed by atoms with E-state index in [-0.39, 0.29) is 0 Å². The fraction of sp³-hybridized carbons (Fsp3) is 0.667. The molecule has 2 nitrogen and oxygen atoms in total. The minimum atomic E-state index is -0.430. The Labute approximate surface area is 133 Å². The standard InChI is InChI=1S/C18H29NOS/c1-15(2)12-19-13-16-6-8-17(9-7-16)21-14-18(20)10-4-3-5-11-18/h6-9,15,19-20H,3-5,10-14H2,1-2H3. The summed E-state index contributed by atoms with van der Waals surface area (Å²) in [6.45, 7) is 6.45. The number of hydrogen-bond donors (Lipinski definition) is 2. The van der Waals surface area contributed by atoms with Gasteiger partial charge >= 0.3 is 0 Å². The van der Waals surface area contributed by atoms with Crippen LogP contribution in [0.4, 0.5) is 0 Å². The molecule has 1 aliphatic rings. The van der Waals surface area contributed by atoms with Crippen molar-refractivity contribution in [1.29, 1.82) is 0 Å². The van der Waals surface area contributed by atoms with Crippen molar-refractivity contribution in [1.82, 2.24) is 5.32 Å². The summed E-state index contributed by atoms with van der Waals surface area (Å²) in [6.07, 6.45) is 5.58. The normalized spacial score (nSPS) is 18.1. The fourth-order valence-electron chi connectivity index (χ4n) is 2.78. The number of benzene rings is 1. The molecule has 118 valence electrons. The number of rotatable bonds is 7. The summed E-state index contributed by atoms with van der Waals surface area (Å²) in [5, 5.41) is 14.0. The largest absolute Gasteiger partial charge is 0.389 e. The molecule has 0 atom stereocenters. The summed E-state index contributed by atoms with van der Waals surface area (Å²) in [7, 11) is 0. The molecule has 2 N–H and O–H groups in total. The number of nitrogens with one attached hydrogen (secondary N) is 1. The topological polar surface area (TPSA) is 32.3 Å². The van der Waals surface area contributed by atoms with E-state index in [0.29, 0.717) is 5.92 Å². The van der Waals surface area contributed by atoms with E-state index in [9.17, 15) is 5.11 Å². The van der Waals surface area contributed by atoms with Crippen LogP contribution in [-0.4, -0.2) is 23.0 Å². The van der Waals surface area contributed by atoms with Crippen molar-refractivity contribution in [3.8, 4) is 0 Å². The second-order valence-electron chi connectivity index (χ2n) is 6.74. The van der Waals surface area contributed by atoms with Crippen LogP contribution in [0.15, 0.2) is 29.2 Å². The van der Waals surface area contributed by atoms with Crippen molar-refractivity contribution in [3.05, 3.63) is 29.8 Å². The molecule has 0 spiro atoms. The van der Waals surface area contributed by atoms with Crippen molar-refractivity contribution in [2.24, 2.45) is 5.92 Å². The second-order valence-corrected chi connectivity index (χ2v) is 7.79. The van der Waals surface area contributed by atoms with Gasteiger partial charge < -0.3 is 10.4 Å². The first-order chi connectivity index (χ1) is 10.1. The van der Waals surface area contributed by atoms with Gasteiger partial charge in [0.25, 0.3) is 0 Å². The monoisotopic (exact) mass is 307 g/mol. The highest BCUT2D eigenvalue weighted by atomic mass is 32.2. The maximum Gasteiger partial charge on any atom is 0.0741 e.